The van der Waals surface area contributed by atoms with Crippen molar-refractivity contribution in [3.8, 4) is 22.8 Å². The van der Waals surface area contributed by atoms with Gasteiger partial charge in [-0.1, -0.05) is 42.5 Å². The molecule has 0 fully saturated rings. The molecule has 0 amide bonds. The highest BCUT2D eigenvalue weighted by Crippen LogP contribution is 2.30. The number of hydrogen-bond donors (Lipinski definition) is 1. The molecule has 0 spiro atoms. The fourth-order valence-corrected chi connectivity index (χ4v) is 4.45. The molecular formula is C25H19N3O3S. The summed E-state index contributed by atoms with van der Waals surface area (Å²) in [6.45, 7) is 0. The summed E-state index contributed by atoms with van der Waals surface area (Å²) in [6, 6.07) is 28.6. The fourth-order valence-electron chi connectivity index (χ4n) is 3.38. The smallest absolute Gasteiger partial charge is 0.261 e. The van der Waals surface area contributed by atoms with Crippen LogP contribution < -0.4 is 9.46 Å². The van der Waals surface area contributed by atoms with E-state index in [2.05, 4.69) is 9.71 Å². The summed E-state index contributed by atoms with van der Waals surface area (Å²) < 4.78 is 36.4. The van der Waals surface area contributed by atoms with E-state index in [9.17, 15) is 8.42 Å². The van der Waals surface area contributed by atoms with Crippen molar-refractivity contribution in [2.45, 2.75) is 4.90 Å². The number of anilines is 1. The van der Waals surface area contributed by atoms with Gasteiger partial charge in [-0.2, -0.15) is 0 Å². The number of imidazole rings is 1. The normalized spacial score (nSPS) is 11.4. The quantitative estimate of drug-likeness (QED) is 0.373. The Morgan fingerprint density at radius 3 is 2.22 bits per heavy atom. The first kappa shape index (κ1) is 19.8. The van der Waals surface area contributed by atoms with E-state index in [0.29, 0.717) is 28.4 Å². The average molecular weight is 442 g/mol. The number of rotatable bonds is 6. The van der Waals surface area contributed by atoms with Crippen LogP contribution in [0, 0.1) is 0 Å². The third kappa shape index (κ3) is 4.06. The molecule has 7 heteroatoms. The molecule has 0 aliphatic heterocycles. The van der Waals surface area contributed by atoms with Crippen LogP contribution in [0.3, 0.4) is 0 Å². The van der Waals surface area contributed by atoms with Crippen molar-refractivity contribution in [2.75, 3.05) is 4.72 Å². The van der Waals surface area contributed by atoms with E-state index in [0.717, 1.165) is 5.65 Å². The number of para-hydroxylation sites is 2. The first-order valence-corrected chi connectivity index (χ1v) is 11.5. The van der Waals surface area contributed by atoms with Crippen molar-refractivity contribution in [2.24, 2.45) is 0 Å². The molecule has 158 valence electrons. The van der Waals surface area contributed by atoms with E-state index < -0.39 is 10.0 Å². The van der Waals surface area contributed by atoms with E-state index in [4.69, 9.17) is 4.74 Å². The topological polar surface area (TPSA) is 72.7 Å². The number of aromatic nitrogens is 2. The van der Waals surface area contributed by atoms with Crippen LogP contribution in [0.25, 0.3) is 16.9 Å². The molecule has 32 heavy (non-hydrogen) atoms. The van der Waals surface area contributed by atoms with Gasteiger partial charge in [0.15, 0.2) is 0 Å². The molecular weight excluding hydrogens is 422 g/mol. The number of benzene rings is 3. The standard InChI is InChI=1S/C25H19N3O3S/c29-32(30,21-15-13-20(14-16-21)31-19-8-2-1-3-9-19)27-23-11-5-4-10-22(23)24-18-28-17-7-6-12-25(28)26-24/h1-18,27H. The Morgan fingerprint density at radius 1 is 0.750 bits per heavy atom. The molecule has 3 aromatic carbocycles. The van der Waals surface area contributed by atoms with Crippen molar-refractivity contribution in [1.82, 2.24) is 9.38 Å². The van der Waals surface area contributed by atoms with Crippen molar-refractivity contribution in [3.05, 3.63) is 109 Å². The monoisotopic (exact) mass is 441 g/mol. The van der Waals surface area contributed by atoms with Gasteiger partial charge in [-0.25, -0.2) is 13.4 Å². The van der Waals surface area contributed by atoms with Gasteiger partial charge in [0.2, 0.25) is 0 Å². The zero-order chi connectivity index (χ0) is 22.0. The molecule has 1 N–H and O–H groups in total. The van der Waals surface area contributed by atoms with Crippen LogP contribution >= 0.6 is 0 Å². The van der Waals surface area contributed by atoms with Crippen molar-refractivity contribution in [3.63, 3.8) is 0 Å². The third-order valence-corrected chi connectivity index (χ3v) is 6.31. The molecule has 0 aliphatic carbocycles. The van der Waals surface area contributed by atoms with Crippen LogP contribution in [0.15, 0.2) is 114 Å². The van der Waals surface area contributed by atoms with Gasteiger partial charge in [0.1, 0.15) is 17.1 Å². The lowest BCUT2D eigenvalue weighted by molar-refractivity contribution is 0.482. The maximum Gasteiger partial charge on any atom is 0.261 e. The van der Waals surface area contributed by atoms with Crippen LogP contribution in [0.2, 0.25) is 0 Å². The highest BCUT2D eigenvalue weighted by atomic mass is 32.2. The summed E-state index contributed by atoms with van der Waals surface area (Å²) >= 11 is 0. The van der Waals surface area contributed by atoms with E-state index in [1.807, 2.05) is 77.5 Å². The minimum Gasteiger partial charge on any atom is -0.457 e. The van der Waals surface area contributed by atoms with Gasteiger partial charge in [-0.15, -0.1) is 0 Å². The lowest BCUT2D eigenvalue weighted by Crippen LogP contribution is -2.13. The SMILES string of the molecule is O=S(=O)(Nc1ccccc1-c1cn2ccccc2n1)c1ccc(Oc2ccccc2)cc1. The highest BCUT2D eigenvalue weighted by Gasteiger charge is 2.18. The molecule has 0 unspecified atom stereocenters. The van der Waals surface area contributed by atoms with Gasteiger partial charge in [-0.3, -0.25) is 4.72 Å². The number of nitrogens with one attached hydrogen (secondary N) is 1. The molecule has 5 aromatic rings. The number of pyridine rings is 1. The number of sulfonamides is 1. The van der Waals surface area contributed by atoms with Crippen molar-refractivity contribution < 1.29 is 13.2 Å². The second-order valence-electron chi connectivity index (χ2n) is 7.13. The van der Waals surface area contributed by atoms with Gasteiger partial charge in [0.25, 0.3) is 10.0 Å². The molecule has 0 saturated carbocycles. The molecule has 0 saturated heterocycles. The molecule has 6 nitrogen and oxygen atoms in total. The largest absolute Gasteiger partial charge is 0.457 e. The Morgan fingerprint density at radius 2 is 1.44 bits per heavy atom. The van der Waals surface area contributed by atoms with Crippen LogP contribution in [0.5, 0.6) is 11.5 Å². The Kier molecular flexibility index (Phi) is 5.09. The van der Waals surface area contributed by atoms with Gasteiger partial charge < -0.3 is 9.14 Å². The summed E-state index contributed by atoms with van der Waals surface area (Å²) in [7, 11) is -3.80. The summed E-state index contributed by atoms with van der Waals surface area (Å²) in [6.07, 6.45) is 3.77. The Hall–Kier alpha value is -4.10. The highest BCUT2D eigenvalue weighted by molar-refractivity contribution is 7.92. The Labute approximate surface area is 185 Å². The minimum atomic E-state index is -3.80. The maximum absolute atomic E-state index is 13.0. The van der Waals surface area contributed by atoms with Gasteiger partial charge in [-0.05, 0) is 54.6 Å². The van der Waals surface area contributed by atoms with Gasteiger partial charge in [0, 0.05) is 18.0 Å². The average Bonchev–Trinajstić information content (AvgIpc) is 3.24. The second kappa shape index (κ2) is 8.20. The number of fused-ring (bicyclic) bond motifs is 1. The minimum absolute atomic E-state index is 0.141. The predicted molar refractivity (Wildman–Crippen MR) is 124 cm³/mol. The number of nitrogens with zero attached hydrogens (tertiary/aromatic N) is 2. The first-order valence-electron chi connectivity index (χ1n) is 9.97. The molecule has 0 atom stereocenters. The summed E-state index contributed by atoms with van der Waals surface area (Å²) in [4.78, 5) is 4.75. The lowest BCUT2D eigenvalue weighted by atomic mass is 10.1. The van der Waals surface area contributed by atoms with Crippen molar-refractivity contribution in [1.29, 1.82) is 0 Å². The Balaban J connectivity index is 1.41. The zero-order valence-corrected chi connectivity index (χ0v) is 17.7. The van der Waals surface area contributed by atoms with E-state index in [1.165, 1.54) is 12.1 Å². The maximum atomic E-state index is 13.0. The van der Waals surface area contributed by atoms with E-state index >= 15 is 0 Å². The molecule has 0 radical (unpaired) electrons. The lowest BCUT2D eigenvalue weighted by Gasteiger charge is -2.12. The van der Waals surface area contributed by atoms with Gasteiger partial charge >= 0.3 is 0 Å². The molecule has 5 rings (SSSR count). The van der Waals surface area contributed by atoms with Crippen LogP contribution in [-0.4, -0.2) is 17.8 Å². The number of hydrogen-bond acceptors (Lipinski definition) is 4. The number of ether oxygens (including phenoxy) is 1. The molecule has 2 aromatic heterocycles. The molecule has 0 bridgehead atoms. The van der Waals surface area contributed by atoms with Crippen LogP contribution in [0.1, 0.15) is 0 Å². The summed E-state index contributed by atoms with van der Waals surface area (Å²) in [5.41, 5.74) is 2.62. The van der Waals surface area contributed by atoms with E-state index in [-0.39, 0.29) is 4.90 Å². The fraction of sp³-hybridized carbons (Fsp3) is 0. The predicted octanol–water partition coefficient (Wildman–Crippen LogP) is 5.59. The first-order chi connectivity index (χ1) is 15.6. The van der Waals surface area contributed by atoms with Crippen molar-refractivity contribution >= 4 is 21.4 Å². The molecule has 2 heterocycles. The van der Waals surface area contributed by atoms with Crippen LogP contribution in [0.4, 0.5) is 5.69 Å². The van der Waals surface area contributed by atoms with Crippen LogP contribution in [-0.2, 0) is 10.0 Å². The second-order valence-corrected chi connectivity index (χ2v) is 8.81. The third-order valence-electron chi connectivity index (χ3n) is 4.92. The zero-order valence-electron chi connectivity index (χ0n) is 16.9. The Bertz CT molecular complexity index is 1450. The van der Waals surface area contributed by atoms with Gasteiger partial charge in [0.05, 0.1) is 16.3 Å². The summed E-state index contributed by atoms with van der Waals surface area (Å²) in [5.74, 6) is 1.24. The van der Waals surface area contributed by atoms with E-state index in [1.54, 1.807) is 24.3 Å². The summed E-state index contributed by atoms with van der Waals surface area (Å²) in [5, 5.41) is 0. The molecule has 0 aliphatic rings.